The van der Waals surface area contributed by atoms with Crippen molar-refractivity contribution in [3.05, 3.63) is 21.3 Å². The van der Waals surface area contributed by atoms with Gasteiger partial charge in [0.05, 0.1) is 17.0 Å². The molecule has 0 bridgehead atoms. The highest BCUT2D eigenvalue weighted by atomic mass is 35.5. The van der Waals surface area contributed by atoms with Crippen LogP contribution in [0.25, 0.3) is 0 Å². The van der Waals surface area contributed by atoms with Crippen LogP contribution in [0.3, 0.4) is 0 Å². The molecular weight excluding hydrogens is 295 g/mol. The van der Waals surface area contributed by atoms with E-state index in [0.29, 0.717) is 13.2 Å². The number of ether oxygens (including phenoxy) is 1. The number of nitrogens with one attached hydrogen (secondary N) is 2. The van der Waals surface area contributed by atoms with Gasteiger partial charge in [0, 0.05) is 18.0 Å². The van der Waals surface area contributed by atoms with E-state index in [9.17, 15) is 4.79 Å². The minimum absolute atomic E-state index is 0. The van der Waals surface area contributed by atoms with Gasteiger partial charge in [-0.1, -0.05) is 11.6 Å². The molecule has 2 N–H and O–H groups in total. The largest absolute Gasteiger partial charge is 0.366 e. The molecule has 2 atom stereocenters. The van der Waals surface area contributed by atoms with Gasteiger partial charge in [0.2, 0.25) is 0 Å². The summed E-state index contributed by atoms with van der Waals surface area (Å²) in [6.07, 6.45) is -0.387. The Kier molecular flexibility index (Phi) is 6.38. The standard InChI is InChI=1S/C11H15ClN2O2S.ClH/c1-7(9-2-3-10(12)17-9)14-11(15)8-6-13-4-5-16-8;/h2-3,7-8,13H,4-6H2,1H3,(H,14,15);1H. The molecule has 1 saturated heterocycles. The molecule has 1 aliphatic heterocycles. The van der Waals surface area contributed by atoms with Crippen molar-refractivity contribution in [1.29, 1.82) is 0 Å². The van der Waals surface area contributed by atoms with Gasteiger partial charge in [-0.15, -0.1) is 23.7 Å². The maximum absolute atomic E-state index is 11.9. The molecule has 2 unspecified atom stereocenters. The normalized spacial score (nSPS) is 20.9. The Hall–Kier alpha value is -0.330. The number of thiophene rings is 1. The third-order valence-corrected chi connectivity index (χ3v) is 4.01. The summed E-state index contributed by atoms with van der Waals surface area (Å²) >= 11 is 7.34. The van der Waals surface area contributed by atoms with Crippen molar-refractivity contribution in [2.75, 3.05) is 19.7 Å². The van der Waals surface area contributed by atoms with Gasteiger partial charge in [-0.3, -0.25) is 4.79 Å². The molecule has 1 aliphatic rings. The molecule has 7 heteroatoms. The van der Waals surface area contributed by atoms with Gasteiger partial charge in [-0.05, 0) is 19.1 Å². The van der Waals surface area contributed by atoms with Crippen molar-refractivity contribution in [3.63, 3.8) is 0 Å². The lowest BCUT2D eigenvalue weighted by atomic mass is 10.2. The molecule has 0 aliphatic carbocycles. The van der Waals surface area contributed by atoms with Crippen LogP contribution in [0.1, 0.15) is 17.8 Å². The molecule has 102 valence electrons. The van der Waals surface area contributed by atoms with Crippen LogP contribution in [-0.4, -0.2) is 31.7 Å². The summed E-state index contributed by atoms with van der Waals surface area (Å²) in [7, 11) is 0. The van der Waals surface area contributed by atoms with Gasteiger partial charge in [0.1, 0.15) is 6.10 Å². The van der Waals surface area contributed by atoms with E-state index in [-0.39, 0.29) is 30.5 Å². The van der Waals surface area contributed by atoms with Crippen LogP contribution < -0.4 is 10.6 Å². The van der Waals surface area contributed by atoms with Crippen LogP contribution in [0.5, 0.6) is 0 Å². The summed E-state index contributed by atoms with van der Waals surface area (Å²) in [5.74, 6) is -0.0748. The highest BCUT2D eigenvalue weighted by Gasteiger charge is 2.23. The number of halogens is 2. The summed E-state index contributed by atoms with van der Waals surface area (Å²) in [6.45, 7) is 3.90. The van der Waals surface area contributed by atoms with Crippen LogP contribution in [0.4, 0.5) is 0 Å². The van der Waals surface area contributed by atoms with Gasteiger partial charge in [0.25, 0.3) is 5.91 Å². The van der Waals surface area contributed by atoms with Gasteiger partial charge in [0.15, 0.2) is 0 Å². The fraction of sp³-hybridized carbons (Fsp3) is 0.545. The molecule has 0 radical (unpaired) electrons. The van der Waals surface area contributed by atoms with E-state index in [1.165, 1.54) is 11.3 Å². The Morgan fingerprint density at radius 3 is 3.00 bits per heavy atom. The topological polar surface area (TPSA) is 50.4 Å². The molecular formula is C11H16Cl2N2O2S. The van der Waals surface area contributed by atoms with E-state index in [1.54, 1.807) is 0 Å². The molecule has 2 rings (SSSR count). The van der Waals surface area contributed by atoms with Crippen LogP contribution in [0.2, 0.25) is 4.34 Å². The minimum atomic E-state index is -0.387. The zero-order chi connectivity index (χ0) is 12.3. The molecule has 1 aromatic heterocycles. The third-order valence-electron chi connectivity index (χ3n) is 2.60. The van der Waals surface area contributed by atoms with E-state index in [0.717, 1.165) is 15.8 Å². The number of morpholine rings is 1. The Morgan fingerprint density at radius 1 is 1.67 bits per heavy atom. The number of amides is 1. The Balaban J connectivity index is 0.00000162. The second-order valence-corrected chi connectivity index (χ2v) is 5.68. The monoisotopic (exact) mass is 310 g/mol. The van der Waals surface area contributed by atoms with E-state index in [1.807, 2.05) is 19.1 Å². The van der Waals surface area contributed by atoms with Crippen molar-refractivity contribution in [2.45, 2.75) is 19.1 Å². The maximum Gasteiger partial charge on any atom is 0.250 e. The lowest BCUT2D eigenvalue weighted by Crippen LogP contribution is -2.48. The summed E-state index contributed by atoms with van der Waals surface area (Å²) in [4.78, 5) is 12.9. The van der Waals surface area contributed by atoms with Gasteiger partial charge in [-0.25, -0.2) is 0 Å². The fourth-order valence-electron chi connectivity index (χ4n) is 1.67. The first kappa shape index (κ1) is 15.7. The number of hydrogen-bond acceptors (Lipinski definition) is 4. The number of carbonyl (C=O) groups excluding carboxylic acids is 1. The molecule has 1 fully saturated rings. The smallest absolute Gasteiger partial charge is 0.250 e. The number of rotatable bonds is 3. The predicted octanol–water partition coefficient (Wildman–Crippen LogP) is 1.99. The van der Waals surface area contributed by atoms with Gasteiger partial charge in [-0.2, -0.15) is 0 Å². The molecule has 2 heterocycles. The molecule has 1 aromatic rings. The second-order valence-electron chi connectivity index (χ2n) is 3.94. The van der Waals surface area contributed by atoms with E-state index in [2.05, 4.69) is 10.6 Å². The summed E-state index contributed by atoms with van der Waals surface area (Å²) in [5, 5.41) is 6.06. The SMILES string of the molecule is CC(NC(=O)C1CNCCO1)c1ccc(Cl)s1.Cl. The quantitative estimate of drug-likeness (QED) is 0.897. The first-order valence-electron chi connectivity index (χ1n) is 5.55. The highest BCUT2D eigenvalue weighted by Crippen LogP contribution is 2.26. The second kappa shape index (κ2) is 7.31. The average Bonchev–Trinajstić information content (AvgIpc) is 2.77. The maximum atomic E-state index is 11.9. The van der Waals surface area contributed by atoms with Gasteiger partial charge < -0.3 is 15.4 Å². The van der Waals surface area contributed by atoms with Crippen LogP contribution in [-0.2, 0) is 9.53 Å². The van der Waals surface area contributed by atoms with E-state index >= 15 is 0 Å². The zero-order valence-electron chi connectivity index (χ0n) is 9.94. The summed E-state index contributed by atoms with van der Waals surface area (Å²) in [5.41, 5.74) is 0. The minimum Gasteiger partial charge on any atom is -0.366 e. The van der Waals surface area contributed by atoms with Crippen molar-refractivity contribution >= 4 is 41.3 Å². The first-order chi connectivity index (χ1) is 8.16. The molecule has 1 amide bonds. The van der Waals surface area contributed by atoms with Crippen molar-refractivity contribution in [1.82, 2.24) is 10.6 Å². The van der Waals surface area contributed by atoms with E-state index < -0.39 is 0 Å². The fourth-order valence-corrected chi connectivity index (χ4v) is 2.74. The first-order valence-corrected chi connectivity index (χ1v) is 6.74. The summed E-state index contributed by atoms with van der Waals surface area (Å²) < 4.78 is 6.12. The lowest BCUT2D eigenvalue weighted by molar-refractivity contribution is -0.134. The van der Waals surface area contributed by atoms with Crippen molar-refractivity contribution < 1.29 is 9.53 Å². The van der Waals surface area contributed by atoms with Crippen molar-refractivity contribution in [3.8, 4) is 0 Å². The number of hydrogen-bond donors (Lipinski definition) is 2. The van der Waals surface area contributed by atoms with E-state index in [4.69, 9.17) is 16.3 Å². The average molecular weight is 311 g/mol. The Morgan fingerprint density at radius 2 is 2.44 bits per heavy atom. The molecule has 0 spiro atoms. The third kappa shape index (κ3) is 4.10. The molecule has 18 heavy (non-hydrogen) atoms. The molecule has 0 aromatic carbocycles. The zero-order valence-corrected chi connectivity index (χ0v) is 12.3. The Bertz CT molecular complexity index is 394. The lowest BCUT2D eigenvalue weighted by Gasteiger charge is -2.24. The van der Waals surface area contributed by atoms with Crippen LogP contribution in [0, 0.1) is 0 Å². The van der Waals surface area contributed by atoms with Crippen LogP contribution >= 0.6 is 35.3 Å². The molecule has 4 nitrogen and oxygen atoms in total. The highest BCUT2D eigenvalue weighted by molar-refractivity contribution is 7.16. The summed E-state index contributed by atoms with van der Waals surface area (Å²) in [6, 6.07) is 3.73. The van der Waals surface area contributed by atoms with Crippen molar-refractivity contribution in [2.24, 2.45) is 0 Å². The Labute approximate surface area is 121 Å². The number of carbonyl (C=O) groups is 1. The van der Waals surface area contributed by atoms with Crippen LogP contribution in [0.15, 0.2) is 12.1 Å². The molecule has 0 saturated carbocycles. The predicted molar refractivity (Wildman–Crippen MR) is 75.7 cm³/mol. The van der Waals surface area contributed by atoms with Gasteiger partial charge >= 0.3 is 0 Å².